The minimum Gasteiger partial charge on any atom is -0.486 e. The zero-order chi connectivity index (χ0) is 20.0. The van der Waals surface area contributed by atoms with E-state index in [1.165, 1.54) is 17.7 Å². The van der Waals surface area contributed by atoms with Gasteiger partial charge in [0.1, 0.15) is 13.2 Å². The van der Waals surface area contributed by atoms with Crippen molar-refractivity contribution in [1.82, 2.24) is 14.4 Å². The maximum Gasteiger partial charge on any atom is 0.251 e. The first-order valence-corrected chi connectivity index (χ1v) is 10.6. The number of hydrogen-bond acceptors (Lipinski definition) is 5. The monoisotopic (exact) mass is 395 g/mol. The Labute approximate surface area is 171 Å². The van der Waals surface area contributed by atoms with Gasteiger partial charge in [-0.1, -0.05) is 12.1 Å². The maximum absolute atomic E-state index is 12.7. The molecule has 0 spiro atoms. The highest BCUT2D eigenvalue weighted by Gasteiger charge is 2.40. The van der Waals surface area contributed by atoms with E-state index in [0.29, 0.717) is 25.0 Å². The second-order valence-electron chi connectivity index (χ2n) is 8.85. The lowest BCUT2D eigenvalue weighted by atomic mass is 9.78. The van der Waals surface area contributed by atoms with Crippen molar-refractivity contribution in [1.29, 1.82) is 0 Å². The Morgan fingerprint density at radius 3 is 2.72 bits per heavy atom. The summed E-state index contributed by atoms with van der Waals surface area (Å²) in [5, 5.41) is 0. The third-order valence-corrected chi connectivity index (χ3v) is 6.44. The lowest BCUT2D eigenvalue weighted by molar-refractivity contribution is 0.0742. The van der Waals surface area contributed by atoms with Crippen LogP contribution in [0.1, 0.15) is 29.6 Å². The van der Waals surface area contributed by atoms with E-state index < -0.39 is 0 Å². The molecule has 4 heterocycles. The molecule has 1 fully saturated rings. The molecule has 0 N–H and O–H groups in total. The Hall–Kier alpha value is -2.31. The molecule has 1 saturated heterocycles. The van der Waals surface area contributed by atoms with Gasteiger partial charge in [0.15, 0.2) is 11.5 Å². The van der Waals surface area contributed by atoms with Crippen LogP contribution in [0.25, 0.3) is 0 Å². The predicted molar refractivity (Wildman–Crippen MR) is 112 cm³/mol. The minimum atomic E-state index is 0.143. The topological polar surface area (TPSA) is 46.9 Å². The number of piperidine rings is 1. The van der Waals surface area contributed by atoms with Gasteiger partial charge >= 0.3 is 0 Å². The van der Waals surface area contributed by atoms with Crippen LogP contribution in [0.4, 0.5) is 0 Å². The summed E-state index contributed by atoms with van der Waals surface area (Å²) in [6.45, 7) is 5.03. The largest absolute Gasteiger partial charge is 0.486 e. The second-order valence-corrected chi connectivity index (χ2v) is 8.85. The van der Waals surface area contributed by atoms with Gasteiger partial charge in [0, 0.05) is 43.9 Å². The molecule has 0 saturated carbocycles. The van der Waals surface area contributed by atoms with Crippen molar-refractivity contribution >= 4 is 0 Å². The van der Waals surface area contributed by atoms with Gasteiger partial charge in [-0.15, -0.1) is 0 Å². The van der Waals surface area contributed by atoms with Crippen LogP contribution in [0.3, 0.4) is 0 Å². The van der Waals surface area contributed by atoms with E-state index in [0.717, 1.165) is 37.7 Å². The third-order valence-electron chi connectivity index (χ3n) is 6.44. The molecule has 3 atom stereocenters. The molecule has 6 heteroatoms. The summed E-state index contributed by atoms with van der Waals surface area (Å²) in [7, 11) is 4.19. The molecule has 2 aromatic rings. The fraction of sp³-hybridized carbons (Fsp3) is 0.522. The Kier molecular flexibility index (Phi) is 4.84. The zero-order valence-corrected chi connectivity index (χ0v) is 17.2. The number of hydrogen-bond donors (Lipinski definition) is 0. The van der Waals surface area contributed by atoms with Crippen LogP contribution in [-0.2, 0) is 6.54 Å². The van der Waals surface area contributed by atoms with E-state index in [2.05, 4.69) is 46.7 Å². The molecule has 154 valence electrons. The van der Waals surface area contributed by atoms with Crippen LogP contribution in [0, 0.1) is 5.92 Å². The van der Waals surface area contributed by atoms with E-state index in [1.54, 1.807) is 6.07 Å². The summed E-state index contributed by atoms with van der Waals surface area (Å²) in [6.07, 6.45) is 1.17. The van der Waals surface area contributed by atoms with Crippen molar-refractivity contribution in [3.8, 4) is 11.5 Å². The molecule has 5 rings (SSSR count). The molecule has 3 aliphatic heterocycles. The Balaban J connectivity index is 1.41. The average Bonchev–Trinajstić information content (AvgIpc) is 2.71. The van der Waals surface area contributed by atoms with Crippen molar-refractivity contribution in [2.45, 2.75) is 24.9 Å². The van der Waals surface area contributed by atoms with E-state index in [1.807, 2.05) is 12.1 Å². The van der Waals surface area contributed by atoms with E-state index in [-0.39, 0.29) is 11.6 Å². The second kappa shape index (κ2) is 7.50. The Morgan fingerprint density at radius 2 is 1.90 bits per heavy atom. The van der Waals surface area contributed by atoms with Gasteiger partial charge in [0.05, 0.1) is 6.04 Å². The average molecular weight is 396 g/mol. The number of benzene rings is 1. The Bertz CT molecular complexity index is 955. The predicted octanol–water partition coefficient (Wildman–Crippen LogP) is 2.34. The van der Waals surface area contributed by atoms with E-state index >= 15 is 0 Å². The fourth-order valence-corrected chi connectivity index (χ4v) is 5.32. The molecule has 3 aliphatic rings. The number of likely N-dealkylation sites (tertiary alicyclic amines) is 1. The summed E-state index contributed by atoms with van der Waals surface area (Å²) in [5.41, 5.74) is 2.60. The van der Waals surface area contributed by atoms with Crippen molar-refractivity contribution in [2.24, 2.45) is 5.92 Å². The number of aromatic nitrogens is 1. The molecular formula is C23H29N3O3. The number of pyridine rings is 1. The number of nitrogens with zero attached hydrogens (tertiary/aromatic N) is 3. The van der Waals surface area contributed by atoms with Gasteiger partial charge in [-0.05, 0) is 50.2 Å². The quantitative estimate of drug-likeness (QED) is 0.795. The summed E-state index contributed by atoms with van der Waals surface area (Å²) in [5.74, 6) is 2.60. The zero-order valence-electron chi connectivity index (χ0n) is 17.2. The maximum atomic E-state index is 12.7. The molecular weight excluding hydrogens is 366 g/mol. The SMILES string of the molecule is CN(C)C[C@H]1[C@H]2C[C@H](CN(Cc3ccc4c(c3)OCCO4)C2)c2cccc(=O)n21. The summed E-state index contributed by atoms with van der Waals surface area (Å²) in [6, 6.07) is 12.3. The highest BCUT2D eigenvalue weighted by atomic mass is 16.6. The highest BCUT2D eigenvalue weighted by molar-refractivity contribution is 5.43. The van der Waals surface area contributed by atoms with Gasteiger partial charge in [-0.25, -0.2) is 0 Å². The number of fused-ring (bicyclic) bond motifs is 5. The van der Waals surface area contributed by atoms with Crippen LogP contribution in [-0.4, -0.2) is 61.3 Å². The van der Waals surface area contributed by atoms with Crippen molar-refractivity contribution < 1.29 is 9.47 Å². The lowest BCUT2D eigenvalue weighted by Gasteiger charge is -2.47. The first kappa shape index (κ1) is 18.7. The van der Waals surface area contributed by atoms with Crippen LogP contribution >= 0.6 is 0 Å². The van der Waals surface area contributed by atoms with Crippen molar-refractivity contribution in [2.75, 3.05) is 46.9 Å². The van der Waals surface area contributed by atoms with Crippen molar-refractivity contribution in [3.05, 3.63) is 58.0 Å². The van der Waals surface area contributed by atoms with Gasteiger partial charge < -0.3 is 18.9 Å². The summed E-state index contributed by atoms with van der Waals surface area (Å²) in [4.78, 5) is 17.5. The van der Waals surface area contributed by atoms with Crippen LogP contribution in [0.2, 0.25) is 0 Å². The molecule has 0 aliphatic carbocycles. The highest BCUT2D eigenvalue weighted by Crippen LogP contribution is 2.42. The summed E-state index contributed by atoms with van der Waals surface area (Å²) >= 11 is 0. The molecule has 29 heavy (non-hydrogen) atoms. The van der Waals surface area contributed by atoms with Crippen LogP contribution < -0.4 is 15.0 Å². The standard InChI is InChI=1S/C23H29N3O3/c1-24(2)15-20-18-11-17(19-4-3-5-23(27)26(19)20)13-25(14-18)12-16-6-7-21-22(10-16)29-9-8-28-21/h3-7,10,17-18,20H,8-9,11-15H2,1-2H3/t17-,18+,20+/m1/s1. The van der Waals surface area contributed by atoms with Crippen LogP contribution in [0.15, 0.2) is 41.2 Å². The molecule has 0 radical (unpaired) electrons. The number of rotatable bonds is 4. The van der Waals surface area contributed by atoms with Gasteiger partial charge in [-0.3, -0.25) is 9.69 Å². The van der Waals surface area contributed by atoms with Gasteiger partial charge in [0.2, 0.25) is 0 Å². The molecule has 0 amide bonds. The number of likely N-dealkylation sites (N-methyl/N-ethyl adjacent to an activating group) is 1. The number of ether oxygens (including phenoxy) is 2. The van der Waals surface area contributed by atoms with Gasteiger partial charge in [0.25, 0.3) is 5.56 Å². The molecule has 0 unspecified atom stereocenters. The molecule has 6 nitrogen and oxygen atoms in total. The fourth-order valence-electron chi connectivity index (χ4n) is 5.32. The molecule has 1 aromatic heterocycles. The van der Waals surface area contributed by atoms with E-state index in [9.17, 15) is 4.79 Å². The minimum absolute atomic E-state index is 0.143. The molecule has 1 aromatic carbocycles. The first-order chi connectivity index (χ1) is 14.1. The van der Waals surface area contributed by atoms with E-state index in [4.69, 9.17) is 9.47 Å². The summed E-state index contributed by atoms with van der Waals surface area (Å²) < 4.78 is 13.5. The normalized spacial score (nSPS) is 25.7. The van der Waals surface area contributed by atoms with Gasteiger partial charge in [-0.2, -0.15) is 0 Å². The lowest BCUT2D eigenvalue weighted by Crippen LogP contribution is -2.51. The van der Waals surface area contributed by atoms with Crippen molar-refractivity contribution in [3.63, 3.8) is 0 Å². The molecule has 2 bridgehead atoms. The Morgan fingerprint density at radius 1 is 1.07 bits per heavy atom. The third kappa shape index (κ3) is 3.55. The smallest absolute Gasteiger partial charge is 0.251 e. The van der Waals surface area contributed by atoms with Crippen LogP contribution in [0.5, 0.6) is 11.5 Å². The first-order valence-electron chi connectivity index (χ1n) is 10.6.